The Labute approximate surface area is 186 Å². The van der Waals surface area contributed by atoms with Crippen molar-refractivity contribution in [2.75, 3.05) is 24.2 Å². The van der Waals surface area contributed by atoms with E-state index >= 15 is 0 Å². The van der Waals surface area contributed by atoms with Gasteiger partial charge in [-0.15, -0.1) is 0 Å². The number of nitrogens with two attached hydrogens (primary N) is 1. The summed E-state index contributed by atoms with van der Waals surface area (Å²) in [6.07, 6.45) is 2.32. The lowest BCUT2D eigenvalue weighted by molar-refractivity contribution is -0.0501. The minimum atomic E-state index is -1.25. The first-order chi connectivity index (χ1) is 15.6. The van der Waals surface area contributed by atoms with Crippen LogP contribution < -0.4 is 11.1 Å². The lowest BCUT2D eigenvalue weighted by Gasteiger charge is -2.19. The first-order valence-corrected chi connectivity index (χ1v) is 11.0. The number of nitrogens with one attached hydrogen (secondary N) is 1. The molecule has 0 unspecified atom stereocenters. The lowest BCUT2D eigenvalue weighted by atomic mass is 10.1. The average molecular weight is 443 g/mol. The Hall–Kier alpha value is -2.79. The molecule has 1 fully saturated rings. The van der Waals surface area contributed by atoms with Crippen molar-refractivity contribution in [3.8, 4) is 0 Å². The van der Waals surface area contributed by atoms with Crippen LogP contribution in [0.25, 0.3) is 11.2 Å². The van der Waals surface area contributed by atoms with Gasteiger partial charge < -0.3 is 31.1 Å². The minimum Gasteiger partial charge on any atom is -0.394 e. The van der Waals surface area contributed by atoms with Gasteiger partial charge in [0, 0.05) is 6.54 Å². The highest BCUT2D eigenvalue weighted by molar-refractivity contribution is 5.84. The van der Waals surface area contributed by atoms with Gasteiger partial charge in [-0.3, -0.25) is 4.57 Å². The predicted octanol–water partition coefficient (Wildman–Crippen LogP) is 1.23. The number of hydrogen-bond donors (Lipinski definition) is 5. The second-order valence-electron chi connectivity index (χ2n) is 8.04. The van der Waals surface area contributed by atoms with Crippen molar-refractivity contribution in [1.29, 1.82) is 0 Å². The van der Waals surface area contributed by atoms with Crippen LogP contribution in [0.2, 0.25) is 0 Å². The summed E-state index contributed by atoms with van der Waals surface area (Å²) in [6, 6.07) is 10.5. The van der Waals surface area contributed by atoms with Crippen molar-refractivity contribution in [2.45, 2.75) is 56.6 Å². The number of aryl methyl sites for hydroxylation is 1. The molecular weight excluding hydrogens is 412 g/mol. The first-order valence-electron chi connectivity index (χ1n) is 11.0. The monoisotopic (exact) mass is 442 g/mol. The van der Waals surface area contributed by atoms with Crippen LogP contribution in [0.5, 0.6) is 0 Å². The molecule has 2 aromatic heterocycles. The van der Waals surface area contributed by atoms with Crippen molar-refractivity contribution in [1.82, 2.24) is 19.5 Å². The molecule has 6 N–H and O–H groups in total. The van der Waals surface area contributed by atoms with Crippen LogP contribution in [0.4, 0.5) is 11.8 Å². The number of anilines is 2. The van der Waals surface area contributed by atoms with Gasteiger partial charge in [-0.25, -0.2) is 15.0 Å². The molecule has 4 rings (SSSR count). The van der Waals surface area contributed by atoms with E-state index in [1.807, 2.05) is 6.07 Å². The highest BCUT2D eigenvalue weighted by atomic mass is 16.6. The van der Waals surface area contributed by atoms with Gasteiger partial charge >= 0.3 is 0 Å². The summed E-state index contributed by atoms with van der Waals surface area (Å²) in [5, 5.41) is 33.4. The largest absolute Gasteiger partial charge is 0.394 e. The summed E-state index contributed by atoms with van der Waals surface area (Å²) in [6.45, 7) is 0.251. The number of hydrogen-bond acceptors (Lipinski definition) is 9. The van der Waals surface area contributed by atoms with Gasteiger partial charge in [0.2, 0.25) is 5.95 Å². The Bertz CT molecular complexity index is 1010. The van der Waals surface area contributed by atoms with E-state index in [0.717, 1.165) is 32.1 Å². The quantitative estimate of drug-likeness (QED) is 0.292. The van der Waals surface area contributed by atoms with Crippen LogP contribution in [-0.4, -0.2) is 66.3 Å². The third-order valence-corrected chi connectivity index (χ3v) is 5.80. The molecule has 1 saturated heterocycles. The molecule has 1 aromatic carbocycles. The lowest BCUT2D eigenvalue weighted by Crippen LogP contribution is -2.33. The fourth-order valence-corrected chi connectivity index (χ4v) is 4.04. The van der Waals surface area contributed by atoms with E-state index < -0.39 is 31.1 Å². The van der Waals surface area contributed by atoms with Crippen molar-refractivity contribution >= 4 is 22.9 Å². The maximum absolute atomic E-state index is 10.5. The average Bonchev–Trinajstić information content (AvgIpc) is 3.31. The molecule has 3 heterocycles. The highest BCUT2D eigenvalue weighted by Gasteiger charge is 2.45. The van der Waals surface area contributed by atoms with Crippen LogP contribution in [0, 0.1) is 0 Å². The molecule has 0 amide bonds. The number of unbranched alkanes of at least 4 members (excludes halogenated alkanes) is 3. The molecule has 0 bridgehead atoms. The summed E-state index contributed by atoms with van der Waals surface area (Å²) in [4.78, 5) is 12.7. The molecule has 172 valence electrons. The number of aromatic nitrogens is 4. The van der Waals surface area contributed by atoms with Gasteiger partial charge in [-0.05, 0) is 24.8 Å². The van der Waals surface area contributed by atoms with E-state index in [-0.39, 0.29) is 5.82 Å². The number of imidazole rings is 1. The molecule has 1 aliphatic heterocycles. The van der Waals surface area contributed by atoms with Gasteiger partial charge in [-0.2, -0.15) is 0 Å². The van der Waals surface area contributed by atoms with Crippen LogP contribution in [0.1, 0.15) is 37.5 Å². The fourth-order valence-electron chi connectivity index (χ4n) is 4.04. The molecule has 0 radical (unpaired) electrons. The second kappa shape index (κ2) is 10.2. The standard InChI is InChI=1S/C22H30N6O4/c23-19-16-20(26-13-25-19)28(21-18(31)17(30)15(12-29)32-21)22(27-16)24-11-7-2-1-4-8-14-9-5-3-6-10-14/h3,5-6,9-10,13,15,17-18,21,29-31H,1-2,4,7-8,11-12H2,(H,24,27)(H2,23,25,26)/t15-,17-,18-,21-/m1/s1. The summed E-state index contributed by atoms with van der Waals surface area (Å²) < 4.78 is 7.28. The smallest absolute Gasteiger partial charge is 0.207 e. The number of nitrogen functional groups attached to an aromatic ring is 1. The first kappa shape index (κ1) is 22.4. The third kappa shape index (κ3) is 4.68. The molecule has 3 aromatic rings. The van der Waals surface area contributed by atoms with Crippen LogP contribution >= 0.6 is 0 Å². The van der Waals surface area contributed by atoms with Gasteiger partial charge in [0.1, 0.15) is 24.6 Å². The molecule has 0 saturated carbocycles. The Morgan fingerprint density at radius 2 is 1.81 bits per heavy atom. The zero-order chi connectivity index (χ0) is 22.5. The van der Waals surface area contributed by atoms with E-state index in [1.54, 1.807) is 4.57 Å². The number of rotatable bonds is 10. The molecular formula is C22H30N6O4. The maximum atomic E-state index is 10.5. The normalized spacial score (nSPS) is 23.1. The summed E-state index contributed by atoms with van der Waals surface area (Å²) in [7, 11) is 0. The van der Waals surface area contributed by atoms with Gasteiger partial charge in [-0.1, -0.05) is 43.2 Å². The zero-order valence-electron chi connectivity index (χ0n) is 17.8. The van der Waals surface area contributed by atoms with Gasteiger partial charge in [0.05, 0.1) is 6.61 Å². The van der Waals surface area contributed by atoms with Crippen LogP contribution in [0.15, 0.2) is 36.7 Å². The zero-order valence-corrected chi connectivity index (χ0v) is 17.8. The Morgan fingerprint density at radius 1 is 1.03 bits per heavy atom. The van der Waals surface area contributed by atoms with Crippen molar-refractivity contribution < 1.29 is 20.1 Å². The number of ether oxygens (including phenoxy) is 1. The van der Waals surface area contributed by atoms with Crippen molar-refractivity contribution in [3.05, 3.63) is 42.2 Å². The van der Waals surface area contributed by atoms with Crippen molar-refractivity contribution in [3.63, 3.8) is 0 Å². The number of aliphatic hydroxyl groups is 3. The predicted molar refractivity (Wildman–Crippen MR) is 120 cm³/mol. The fraction of sp³-hybridized carbons (Fsp3) is 0.500. The van der Waals surface area contributed by atoms with Gasteiger partial charge in [0.25, 0.3) is 0 Å². The molecule has 1 aliphatic rings. The summed E-state index contributed by atoms with van der Waals surface area (Å²) in [5.41, 5.74) is 8.09. The topological polar surface area (TPSA) is 152 Å². The molecule has 0 aliphatic carbocycles. The molecule has 10 nitrogen and oxygen atoms in total. The van der Waals surface area contributed by atoms with E-state index in [9.17, 15) is 15.3 Å². The van der Waals surface area contributed by atoms with E-state index in [1.165, 1.54) is 11.9 Å². The Morgan fingerprint density at radius 3 is 2.56 bits per heavy atom. The van der Waals surface area contributed by atoms with Crippen molar-refractivity contribution in [2.24, 2.45) is 0 Å². The third-order valence-electron chi connectivity index (χ3n) is 5.80. The number of fused-ring (bicyclic) bond motifs is 1. The van der Waals surface area contributed by atoms with Gasteiger partial charge in [0.15, 0.2) is 23.2 Å². The molecule has 0 spiro atoms. The summed E-state index contributed by atoms with van der Waals surface area (Å²) >= 11 is 0. The SMILES string of the molecule is Nc1ncnc2c1nc(NCCCCCCc1ccccc1)n2[C@@H]1O[C@H](CO)[C@@H](O)[C@H]1O. The molecule has 10 heteroatoms. The van der Waals surface area contributed by atoms with E-state index in [0.29, 0.717) is 23.7 Å². The van der Waals surface area contributed by atoms with E-state index in [2.05, 4.69) is 44.5 Å². The molecule has 4 atom stereocenters. The summed E-state index contributed by atoms with van der Waals surface area (Å²) in [5.74, 6) is 0.635. The number of aliphatic hydroxyl groups excluding tert-OH is 3. The second-order valence-corrected chi connectivity index (χ2v) is 8.04. The maximum Gasteiger partial charge on any atom is 0.207 e. The Balaban J connectivity index is 1.39. The van der Waals surface area contributed by atoms with E-state index in [4.69, 9.17) is 10.5 Å². The number of nitrogens with zero attached hydrogens (tertiary/aromatic N) is 4. The minimum absolute atomic E-state index is 0.212. The van der Waals surface area contributed by atoms with Crippen LogP contribution in [0.3, 0.4) is 0 Å². The number of benzene rings is 1. The molecule has 32 heavy (non-hydrogen) atoms. The Kier molecular flexibility index (Phi) is 7.15. The van der Waals surface area contributed by atoms with Crippen LogP contribution in [-0.2, 0) is 11.2 Å². The highest BCUT2D eigenvalue weighted by Crippen LogP contribution is 2.35.